The summed E-state index contributed by atoms with van der Waals surface area (Å²) in [7, 11) is 0. The second-order valence-electron chi connectivity index (χ2n) is 5.39. The zero-order valence-corrected chi connectivity index (χ0v) is 13.8. The maximum atomic E-state index is 11.5. The highest BCUT2D eigenvalue weighted by Gasteiger charge is 2.11. The number of halogens is 1. The first-order chi connectivity index (χ1) is 11.1. The largest absolute Gasteiger partial charge is 0.436 e. The van der Waals surface area contributed by atoms with Gasteiger partial charge in [0.05, 0.1) is 0 Å². The third-order valence-corrected chi connectivity index (χ3v) is 3.98. The van der Waals surface area contributed by atoms with Crippen molar-refractivity contribution in [3.05, 3.63) is 47.5 Å². The molecule has 0 fully saturated rings. The van der Waals surface area contributed by atoms with Gasteiger partial charge in [0.2, 0.25) is 11.8 Å². The number of alkyl halides is 1. The molecule has 23 heavy (non-hydrogen) atoms. The molecule has 3 rings (SSSR count). The zero-order valence-electron chi connectivity index (χ0n) is 13.0. The van der Waals surface area contributed by atoms with Gasteiger partial charge in [-0.15, -0.1) is 11.6 Å². The fourth-order valence-corrected chi connectivity index (χ4v) is 2.46. The quantitative estimate of drug-likeness (QED) is 0.715. The highest BCUT2D eigenvalue weighted by Crippen LogP contribution is 2.28. The van der Waals surface area contributed by atoms with Crippen molar-refractivity contribution in [2.75, 3.05) is 11.2 Å². The number of benzene rings is 2. The van der Waals surface area contributed by atoms with Gasteiger partial charge < -0.3 is 9.73 Å². The van der Waals surface area contributed by atoms with Crippen LogP contribution in [0.25, 0.3) is 22.6 Å². The number of carbonyl (C=O) groups excluding carboxylic acids is 1. The molecule has 1 aromatic heterocycles. The molecule has 0 saturated carbocycles. The SMILES string of the molecule is CCc1ccc2oc(-c3ccc(C)c(NC(=O)CCl)c3)nc2c1. The lowest BCUT2D eigenvalue weighted by Gasteiger charge is -2.08. The number of hydrogen-bond donors (Lipinski definition) is 1. The Bertz CT molecular complexity index is 871. The minimum absolute atomic E-state index is 0.0770. The van der Waals surface area contributed by atoms with Gasteiger partial charge in [-0.05, 0) is 48.7 Å². The summed E-state index contributed by atoms with van der Waals surface area (Å²) in [6.07, 6.45) is 0.956. The van der Waals surface area contributed by atoms with E-state index in [1.807, 2.05) is 43.3 Å². The average molecular weight is 329 g/mol. The highest BCUT2D eigenvalue weighted by molar-refractivity contribution is 6.29. The normalized spacial score (nSPS) is 10.9. The molecule has 0 aliphatic carbocycles. The van der Waals surface area contributed by atoms with Crippen molar-refractivity contribution < 1.29 is 9.21 Å². The van der Waals surface area contributed by atoms with Gasteiger partial charge in [-0.3, -0.25) is 4.79 Å². The minimum atomic E-state index is -0.239. The van der Waals surface area contributed by atoms with E-state index < -0.39 is 0 Å². The predicted octanol–water partition coefficient (Wildman–Crippen LogP) is 4.54. The van der Waals surface area contributed by atoms with E-state index in [0.717, 1.165) is 28.6 Å². The van der Waals surface area contributed by atoms with Crippen LogP contribution in [0.4, 0.5) is 5.69 Å². The maximum absolute atomic E-state index is 11.5. The number of aromatic nitrogens is 1. The Morgan fingerprint density at radius 2 is 2.09 bits per heavy atom. The molecule has 0 unspecified atom stereocenters. The van der Waals surface area contributed by atoms with Crippen LogP contribution in [0.1, 0.15) is 18.1 Å². The number of nitrogens with one attached hydrogen (secondary N) is 1. The Labute approximate surface area is 139 Å². The average Bonchev–Trinajstić information content (AvgIpc) is 2.99. The summed E-state index contributed by atoms with van der Waals surface area (Å²) in [4.78, 5) is 16.1. The number of rotatable bonds is 4. The molecule has 0 spiro atoms. The molecule has 0 radical (unpaired) electrons. The monoisotopic (exact) mass is 328 g/mol. The van der Waals surface area contributed by atoms with Crippen molar-refractivity contribution in [3.8, 4) is 11.5 Å². The van der Waals surface area contributed by atoms with E-state index in [0.29, 0.717) is 11.6 Å². The van der Waals surface area contributed by atoms with Gasteiger partial charge in [-0.1, -0.05) is 19.1 Å². The van der Waals surface area contributed by atoms with Crippen molar-refractivity contribution >= 4 is 34.3 Å². The molecule has 1 amide bonds. The number of carbonyl (C=O) groups is 1. The smallest absolute Gasteiger partial charge is 0.239 e. The lowest BCUT2D eigenvalue weighted by Crippen LogP contribution is -2.13. The van der Waals surface area contributed by atoms with Gasteiger partial charge in [0.25, 0.3) is 0 Å². The highest BCUT2D eigenvalue weighted by atomic mass is 35.5. The Morgan fingerprint density at radius 1 is 1.26 bits per heavy atom. The van der Waals surface area contributed by atoms with E-state index in [2.05, 4.69) is 17.2 Å². The first kappa shape index (κ1) is 15.6. The molecule has 0 bridgehead atoms. The number of fused-ring (bicyclic) bond motifs is 1. The standard InChI is InChI=1S/C18H17ClN2O2/c1-3-12-5-7-16-15(8-12)21-18(23-16)13-6-4-11(2)14(9-13)20-17(22)10-19/h4-9H,3,10H2,1-2H3,(H,20,22). The number of oxazole rings is 1. The molecule has 3 aromatic rings. The number of hydrogen-bond acceptors (Lipinski definition) is 3. The van der Waals surface area contributed by atoms with Crippen LogP contribution in [0.15, 0.2) is 40.8 Å². The molecule has 0 aliphatic rings. The summed E-state index contributed by atoms with van der Waals surface area (Å²) in [6.45, 7) is 4.03. The summed E-state index contributed by atoms with van der Waals surface area (Å²) >= 11 is 5.55. The summed E-state index contributed by atoms with van der Waals surface area (Å²) in [5.74, 6) is 0.221. The third kappa shape index (κ3) is 3.22. The summed E-state index contributed by atoms with van der Waals surface area (Å²) in [5, 5.41) is 2.78. The second-order valence-corrected chi connectivity index (χ2v) is 5.65. The molecule has 0 atom stereocenters. The third-order valence-electron chi connectivity index (χ3n) is 3.74. The number of anilines is 1. The summed E-state index contributed by atoms with van der Waals surface area (Å²) in [5.41, 5.74) is 5.29. The van der Waals surface area contributed by atoms with Gasteiger partial charge in [0.15, 0.2) is 5.58 Å². The molecule has 1 N–H and O–H groups in total. The van der Waals surface area contributed by atoms with Crippen molar-refractivity contribution in [2.45, 2.75) is 20.3 Å². The predicted molar refractivity (Wildman–Crippen MR) is 92.9 cm³/mol. The Kier molecular flexibility index (Phi) is 4.35. The van der Waals surface area contributed by atoms with Crippen LogP contribution in [0.2, 0.25) is 0 Å². The first-order valence-corrected chi connectivity index (χ1v) is 8.00. The summed E-state index contributed by atoms with van der Waals surface area (Å²) < 4.78 is 5.83. The number of nitrogens with zero attached hydrogens (tertiary/aromatic N) is 1. The number of aryl methyl sites for hydroxylation is 2. The molecule has 2 aromatic carbocycles. The molecule has 0 aliphatic heterocycles. The van der Waals surface area contributed by atoms with Gasteiger partial charge in [-0.2, -0.15) is 0 Å². The lowest BCUT2D eigenvalue weighted by molar-refractivity contribution is -0.113. The van der Waals surface area contributed by atoms with Crippen LogP contribution < -0.4 is 5.32 Å². The van der Waals surface area contributed by atoms with Gasteiger partial charge in [0.1, 0.15) is 11.4 Å². The number of amides is 1. The lowest BCUT2D eigenvalue weighted by atomic mass is 10.1. The molecule has 0 saturated heterocycles. The Morgan fingerprint density at radius 3 is 2.83 bits per heavy atom. The first-order valence-electron chi connectivity index (χ1n) is 7.47. The molecular formula is C18H17ClN2O2. The van der Waals surface area contributed by atoms with E-state index in [1.54, 1.807) is 0 Å². The van der Waals surface area contributed by atoms with Gasteiger partial charge in [-0.25, -0.2) is 4.98 Å². The fraction of sp³-hybridized carbons (Fsp3) is 0.222. The van der Waals surface area contributed by atoms with E-state index in [1.165, 1.54) is 5.56 Å². The topological polar surface area (TPSA) is 55.1 Å². The zero-order chi connectivity index (χ0) is 16.4. The minimum Gasteiger partial charge on any atom is -0.436 e. The maximum Gasteiger partial charge on any atom is 0.239 e. The van der Waals surface area contributed by atoms with Gasteiger partial charge >= 0.3 is 0 Å². The Balaban J connectivity index is 2.01. The fourth-order valence-electron chi connectivity index (χ4n) is 2.39. The Hall–Kier alpha value is -2.33. The van der Waals surface area contributed by atoms with E-state index >= 15 is 0 Å². The van der Waals surface area contributed by atoms with E-state index in [4.69, 9.17) is 16.0 Å². The summed E-state index contributed by atoms with van der Waals surface area (Å²) in [6, 6.07) is 11.7. The van der Waals surface area contributed by atoms with Crippen LogP contribution in [-0.4, -0.2) is 16.8 Å². The van der Waals surface area contributed by atoms with Gasteiger partial charge in [0, 0.05) is 11.3 Å². The van der Waals surface area contributed by atoms with Crippen LogP contribution in [0.3, 0.4) is 0 Å². The van der Waals surface area contributed by atoms with E-state index in [-0.39, 0.29) is 11.8 Å². The van der Waals surface area contributed by atoms with Crippen LogP contribution in [0.5, 0.6) is 0 Å². The molecule has 1 heterocycles. The van der Waals surface area contributed by atoms with E-state index in [9.17, 15) is 4.79 Å². The van der Waals surface area contributed by atoms with Crippen molar-refractivity contribution in [3.63, 3.8) is 0 Å². The second kappa shape index (κ2) is 6.42. The molecule has 118 valence electrons. The molecule has 4 nitrogen and oxygen atoms in total. The van der Waals surface area contributed by atoms with Crippen molar-refractivity contribution in [1.29, 1.82) is 0 Å². The molecular weight excluding hydrogens is 312 g/mol. The van der Waals surface area contributed by atoms with Crippen molar-refractivity contribution in [1.82, 2.24) is 4.98 Å². The molecule has 5 heteroatoms. The van der Waals surface area contributed by atoms with Crippen LogP contribution in [0, 0.1) is 6.92 Å². The van der Waals surface area contributed by atoms with Crippen LogP contribution in [-0.2, 0) is 11.2 Å². The van der Waals surface area contributed by atoms with Crippen LogP contribution >= 0.6 is 11.6 Å². The van der Waals surface area contributed by atoms with Crippen molar-refractivity contribution in [2.24, 2.45) is 0 Å².